The van der Waals surface area contributed by atoms with Crippen LogP contribution in [0.3, 0.4) is 0 Å². The number of nitrogens with one attached hydrogen (secondary N) is 3. The summed E-state index contributed by atoms with van der Waals surface area (Å²) in [6.07, 6.45) is 6.16. The summed E-state index contributed by atoms with van der Waals surface area (Å²) in [5.74, 6) is 0. The van der Waals surface area contributed by atoms with Crippen LogP contribution in [0, 0.1) is 0 Å². The smallest absolute Gasteiger partial charge is 0.257 e. The van der Waals surface area contributed by atoms with Gasteiger partial charge in [0.25, 0.3) is 5.56 Å². The zero-order chi connectivity index (χ0) is 21.8. The van der Waals surface area contributed by atoms with Crippen molar-refractivity contribution in [3.05, 3.63) is 107 Å². The lowest BCUT2D eigenvalue weighted by molar-refractivity contribution is 0.681. The summed E-state index contributed by atoms with van der Waals surface area (Å²) in [4.78, 5) is 27.2. The number of aromatic nitrogens is 4. The molecule has 0 unspecified atom stereocenters. The summed E-state index contributed by atoms with van der Waals surface area (Å²) >= 11 is 0. The Balaban J connectivity index is 1.42. The molecule has 0 amide bonds. The van der Waals surface area contributed by atoms with E-state index in [1.165, 1.54) is 5.56 Å². The fourth-order valence-corrected chi connectivity index (χ4v) is 3.83. The van der Waals surface area contributed by atoms with Crippen molar-refractivity contribution in [2.75, 3.05) is 6.54 Å². The molecule has 158 valence electrons. The summed E-state index contributed by atoms with van der Waals surface area (Å²) in [7, 11) is 0. The Morgan fingerprint density at radius 1 is 0.938 bits per heavy atom. The lowest BCUT2D eigenvalue weighted by Crippen LogP contribution is -2.16. The second-order valence-electron chi connectivity index (χ2n) is 7.67. The van der Waals surface area contributed by atoms with E-state index in [1.54, 1.807) is 12.5 Å². The van der Waals surface area contributed by atoms with Crippen LogP contribution < -0.4 is 10.9 Å². The molecule has 5 aromatic rings. The van der Waals surface area contributed by atoms with E-state index in [0.717, 1.165) is 47.6 Å². The van der Waals surface area contributed by atoms with Gasteiger partial charge in [-0.2, -0.15) is 0 Å². The van der Waals surface area contributed by atoms with Crippen molar-refractivity contribution in [3.63, 3.8) is 0 Å². The van der Waals surface area contributed by atoms with Gasteiger partial charge in [-0.25, -0.2) is 9.97 Å². The molecule has 3 aromatic heterocycles. The minimum Gasteiger partial charge on any atom is -0.351 e. The highest BCUT2D eigenvalue weighted by atomic mass is 16.1. The van der Waals surface area contributed by atoms with Crippen molar-refractivity contribution in [2.45, 2.75) is 13.0 Å². The van der Waals surface area contributed by atoms with Gasteiger partial charge >= 0.3 is 0 Å². The molecule has 32 heavy (non-hydrogen) atoms. The average molecular weight is 422 g/mol. The Kier molecular flexibility index (Phi) is 5.59. The van der Waals surface area contributed by atoms with Gasteiger partial charge in [0.2, 0.25) is 0 Å². The number of rotatable bonds is 7. The molecule has 0 bridgehead atoms. The maximum Gasteiger partial charge on any atom is 0.257 e. The molecule has 0 atom stereocenters. The average Bonchev–Trinajstić information content (AvgIpc) is 3.36. The maximum atomic E-state index is 12.3. The zero-order valence-corrected chi connectivity index (χ0v) is 17.5. The molecule has 2 aromatic carbocycles. The van der Waals surface area contributed by atoms with Gasteiger partial charge in [-0.05, 0) is 23.3 Å². The van der Waals surface area contributed by atoms with Crippen molar-refractivity contribution in [3.8, 4) is 22.4 Å². The van der Waals surface area contributed by atoms with E-state index in [4.69, 9.17) is 4.98 Å². The van der Waals surface area contributed by atoms with E-state index < -0.39 is 0 Å². The first-order chi connectivity index (χ1) is 15.8. The number of benzene rings is 2. The third kappa shape index (κ3) is 4.22. The fraction of sp³-hybridized carbons (Fsp3) is 0.115. The van der Waals surface area contributed by atoms with Crippen molar-refractivity contribution in [1.82, 2.24) is 25.3 Å². The zero-order valence-electron chi connectivity index (χ0n) is 17.5. The third-order valence-corrected chi connectivity index (χ3v) is 5.51. The van der Waals surface area contributed by atoms with Gasteiger partial charge in [0.05, 0.1) is 28.6 Å². The Labute approximate surface area is 185 Å². The van der Waals surface area contributed by atoms with Gasteiger partial charge in [-0.1, -0.05) is 54.6 Å². The SMILES string of the molecule is O=c1[nH]ccc2nc(-c3ccc(CNCCc4c[nH]cn4)cc3)c(-c3ccccc3)cc12. The van der Waals surface area contributed by atoms with E-state index in [0.29, 0.717) is 10.9 Å². The molecule has 0 aliphatic rings. The van der Waals surface area contributed by atoms with Crippen LogP contribution in [0.1, 0.15) is 11.3 Å². The van der Waals surface area contributed by atoms with Crippen molar-refractivity contribution < 1.29 is 0 Å². The van der Waals surface area contributed by atoms with E-state index in [9.17, 15) is 4.79 Å². The second-order valence-corrected chi connectivity index (χ2v) is 7.67. The molecule has 0 saturated carbocycles. The van der Waals surface area contributed by atoms with Gasteiger partial charge in [-0.3, -0.25) is 4.79 Å². The third-order valence-electron chi connectivity index (χ3n) is 5.51. The minimum atomic E-state index is -0.130. The Morgan fingerprint density at radius 3 is 2.56 bits per heavy atom. The van der Waals surface area contributed by atoms with Crippen LogP contribution in [-0.4, -0.2) is 26.5 Å². The summed E-state index contributed by atoms with van der Waals surface area (Å²) in [5.41, 5.74) is 6.68. The molecule has 3 heterocycles. The second kappa shape index (κ2) is 8.99. The Hall–Kier alpha value is -4.03. The van der Waals surface area contributed by atoms with E-state index in [-0.39, 0.29) is 5.56 Å². The van der Waals surface area contributed by atoms with Gasteiger partial charge in [-0.15, -0.1) is 0 Å². The number of nitrogens with zero attached hydrogens (tertiary/aromatic N) is 2. The topological polar surface area (TPSA) is 86.5 Å². The predicted molar refractivity (Wildman–Crippen MR) is 127 cm³/mol. The van der Waals surface area contributed by atoms with Crippen LogP contribution in [0.5, 0.6) is 0 Å². The number of pyridine rings is 2. The molecular formula is C26H23N5O. The van der Waals surface area contributed by atoms with Gasteiger partial charge in [0, 0.05) is 43.0 Å². The maximum absolute atomic E-state index is 12.3. The monoisotopic (exact) mass is 421 g/mol. The van der Waals surface area contributed by atoms with Crippen LogP contribution in [0.2, 0.25) is 0 Å². The molecule has 0 saturated heterocycles. The molecule has 0 radical (unpaired) electrons. The van der Waals surface area contributed by atoms with Gasteiger partial charge in [0.1, 0.15) is 0 Å². The highest BCUT2D eigenvalue weighted by Gasteiger charge is 2.13. The number of fused-ring (bicyclic) bond motifs is 1. The number of hydrogen-bond donors (Lipinski definition) is 3. The molecule has 6 nitrogen and oxygen atoms in total. The summed E-state index contributed by atoms with van der Waals surface area (Å²) < 4.78 is 0. The Morgan fingerprint density at radius 2 is 1.78 bits per heavy atom. The highest BCUT2D eigenvalue weighted by molar-refractivity contribution is 5.91. The van der Waals surface area contributed by atoms with Crippen LogP contribution in [0.4, 0.5) is 0 Å². The lowest BCUT2D eigenvalue weighted by Gasteiger charge is -2.12. The molecule has 0 spiro atoms. The number of aromatic amines is 2. The first-order valence-corrected chi connectivity index (χ1v) is 10.6. The largest absolute Gasteiger partial charge is 0.351 e. The van der Waals surface area contributed by atoms with Crippen LogP contribution >= 0.6 is 0 Å². The van der Waals surface area contributed by atoms with Crippen LogP contribution in [0.15, 0.2) is 90.2 Å². The lowest BCUT2D eigenvalue weighted by atomic mass is 9.97. The summed E-state index contributed by atoms with van der Waals surface area (Å²) in [6, 6.07) is 22.3. The van der Waals surface area contributed by atoms with Crippen LogP contribution in [-0.2, 0) is 13.0 Å². The van der Waals surface area contributed by atoms with Gasteiger partial charge in [0.15, 0.2) is 0 Å². The van der Waals surface area contributed by atoms with E-state index >= 15 is 0 Å². The molecule has 3 N–H and O–H groups in total. The highest BCUT2D eigenvalue weighted by Crippen LogP contribution is 2.32. The van der Waals surface area contributed by atoms with Crippen LogP contribution in [0.25, 0.3) is 33.3 Å². The van der Waals surface area contributed by atoms with E-state index in [1.807, 2.05) is 48.7 Å². The van der Waals surface area contributed by atoms with E-state index in [2.05, 4.69) is 44.5 Å². The summed E-state index contributed by atoms with van der Waals surface area (Å²) in [6.45, 7) is 1.66. The quantitative estimate of drug-likeness (QED) is 0.342. The standard InChI is InChI=1S/C26H23N5O/c32-26-23-14-22(19-4-2-1-3-5-19)25(31-24(23)11-13-29-26)20-8-6-18(7-9-20)15-27-12-10-21-16-28-17-30-21/h1-9,11,13-14,16-17,27H,10,12,15H2,(H,28,30)(H,29,32). The molecule has 6 heteroatoms. The normalized spacial score (nSPS) is 11.1. The first kappa shape index (κ1) is 19.9. The number of imidazole rings is 1. The first-order valence-electron chi connectivity index (χ1n) is 10.6. The molecule has 0 aliphatic carbocycles. The molecule has 0 aliphatic heterocycles. The number of hydrogen-bond acceptors (Lipinski definition) is 4. The fourth-order valence-electron chi connectivity index (χ4n) is 3.83. The molecular weight excluding hydrogens is 398 g/mol. The van der Waals surface area contributed by atoms with Crippen molar-refractivity contribution in [1.29, 1.82) is 0 Å². The number of H-pyrrole nitrogens is 2. The predicted octanol–water partition coefficient (Wildman–Crippen LogP) is 4.31. The summed E-state index contributed by atoms with van der Waals surface area (Å²) in [5, 5.41) is 4.05. The van der Waals surface area contributed by atoms with Crippen molar-refractivity contribution >= 4 is 10.9 Å². The molecule has 5 rings (SSSR count). The minimum absolute atomic E-state index is 0.130. The Bertz CT molecular complexity index is 1370. The van der Waals surface area contributed by atoms with Crippen molar-refractivity contribution in [2.24, 2.45) is 0 Å². The molecule has 0 fully saturated rings. The van der Waals surface area contributed by atoms with Gasteiger partial charge < -0.3 is 15.3 Å².